The smallest absolute Gasteiger partial charge is 0.405 e. The van der Waals surface area contributed by atoms with Crippen LogP contribution >= 0.6 is 0 Å². The van der Waals surface area contributed by atoms with Crippen LogP contribution in [0, 0.1) is 0 Å². The van der Waals surface area contributed by atoms with E-state index in [1.807, 2.05) is 5.32 Å². The normalized spacial score (nSPS) is 18.8. The fraction of sp³-hybridized carbons (Fsp3) is 0.750. The van der Waals surface area contributed by atoms with Crippen molar-refractivity contribution in [1.82, 2.24) is 5.32 Å². The predicted molar refractivity (Wildman–Crippen MR) is 43.4 cm³/mol. The van der Waals surface area contributed by atoms with Gasteiger partial charge in [0.15, 0.2) is 5.78 Å². The van der Waals surface area contributed by atoms with E-state index in [9.17, 15) is 18.4 Å². The molecule has 1 aliphatic carbocycles. The molecule has 2 N–H and O–H groups in total. The van der Waals surface area contributed by atoms with Crippen molar-refractivity contribution in [3.63, 3.8) is 0 Å². The van der Waals surface area contributed by atoms with Gasteiger partial charge in [0.1, 0.15) is 5.54 Å². The molecule has 0 heterocycles. The molecule has 1 saturated carbocycles. The van der Waals surface area contributed by atoms with Crippen molar-refractivity contribution in [2.24, 2.45) is 0 Å². The predicted octanol–water partition coefficient (Wildman–Crippen LogP) is 1.40. The molecule has 80 valence electrons. The molecule has 0 unspecified atom stereocenters. The van der Waals surface area contributed by atoms with E-state index in [2.05, 4.69) is 0 Å². The van der Waals surface area contributed by atoms with Crippen LogP contribution in [0.25, 0.3) is 0 Å². The first-order valence-corrected chi connectivity index (χ1v) is 4.29. The lowest BCUT2D eigenvalue weighted by Gasteiger charge is -2.39. The Hall–Kier alpha value is -1.20. The molecule has 1 amide bonds. The molecule has 0 spiro atoms. The molecule has 0 saturated heterocycles. The van der Waals surface area contributed by atoms with Gasteiger partial charge in [0, 0.05) is 0 Å². The van der Waals surface area contributed by atoms with Crippen molar-refractivity contribution in [3.05, 3.63) is 0 Å². The molecular weight excluding hydrogens is 196 g/mol. The largest absolute Gasteiger partial charge is 0.465 e. The summed E-state index contributed by atoms with van der Waals surface area (Å²) in [6, 6.07) is 0. The molecule has 0 aromatic carbocycles. The van der Waals surface area contributed by atoms with E-state index in [0.717, 1.165) is 0 Å². The zero-order valence-corrected chi connectivity index (χ0v) is 7.43. The highest BCUT2D eigenvalue weighted by Crippen LogP contribution is 2.34. The third kappa shape index (κ3) is 2.18. The molecule has 0 aromatic heterocycles. The molecular formula is C8H11F2NO3. The quantitative estimate of drug-likeness (QED) is 0.732. The first kappa shape index (κ1) is 10.9. The topological polar surface area (TPSA) is 66.4 Å². The number of alkyl halides is 2. The Kier molecular flexibility index (Phi) is 3.03. The molecule has 4 nitrogen and oxygen atoms in total. The number of amides is 1. The Morgan fingerprint density at radius 3 is 2.29 bits per heavy atom. The van der Waals surface area contributed by atoms with Gasteiger partial charge >= 0.3 is 6.09 Å². The number of rotatable bonds is 4. The number of carboxylic acid groups (broad SMARTS) is 1. The highest BCUT2D eigenvalue weighted by molar-refractivity contribution is 5.92. The molecule has 0 bridgehead atoms. The van der Waals surface area contributed by atoms with Crippen LogP contribution in [-0.4, -0.2) is 28.9 Å². The van der Waals surface area contributed by atoms with Gasteiger partial charge < -0.3 is 10.4 Å². The highest BCUT2D eigenvalue weighted by atomic mass is 19.3. The molecule has 6 heteroatoms. The Balaban J connectivity index is 2.60. The molecule has 0 atom stereocenters. The van der Waals surface area contributed by atoms with Crippen molar-refractivity contribution >= 4 is 11.9 Å². The summed E-state index contributed by atoms with van der Waals surface area (Å²) in [6.45, 7) is 0. The zero-order valence-electron chi connectivity index (χ0n) is 7.43. The standard InChI is InChI=1S/C8H11F2NO3/c9-6(10)4-5(12)8(2-1-3-8)11-7(13)14/h6,11H,1-4H2,(H,13,14). The lowest BCUT2D eigenvalue weighted by atomic mass is 9.73. The van der Waals surface area contributed by atoms with E-state index in [1.54, 1.807) is 0 Å². The fourth-order valence-electron chi connectivity index (χ4n) is 1.54. The van der Waals surface area contributed by atoms with Gasteiger partial charge in [-0.05, 0) is 19.3 Å². The van der Waals surface area contributed by atoms with Crippen LogP contribution in [0.2, 0.25) is 0 Å². The van der Waals surface area contributed by atoms with Gasteiger partial charge in [0.25, 0.3) is 0 Å². The lowest BCUT2D eigenvalue weighted by molar-refractivity contribution is -0.131. The van der Waals surface area contributed by atoms with E-state index < -0.39 is 30.3 Å². The number of carbonyl (C=O) groups is 2. The average Bonchev–Trinajstić information content (AvgIpc) is 1.94. The maximum atomic E-state index is 11.9. The summed E-state index contributed by atoms with van der Waals surface area (Å²) in [5.74, 6) is -0.707. The van der Waals surface area contributed by atoms with Gasteiger partial charge in [-0.1, -0.05) is 0 Å². The second-order valence-electron chi connectivity index (χ2n) is 3.38. The van der Waals surface area contributed by atoms with Crippen molar-refractivity contribution in [1.29, 1.82) is 0 Å². The Bertz CT molecular complexity index is 251. The minimum absolute atomic E-state index is 0.324. The third-order valence-corrected chi connectivity index (χ3v) is 2.43. The first-order valence-electron chi connectivity index (χ1n) is 4.29. The highest BCUT2D eigenvalue weighted by Gasteiger charge is 2.45. The van der Waals surface area contributed by atoms with E-state index in [4.69, 9.17) is 5.11 Å². The first-order chi connectivity index (χ1) is 6.46. The van der Waals surface area contributed by atoms with Gasteiger partial charge in [-0.25, -0.2) is 13.6 Å². The van der Waals surface area contributed by atoms with Crippen molar-refractivity contribution in [3.8, 4) is 0 Å². The van der Waals surface area contributed by atoms with Gasteiger partial charge in [0.05, 0.1) is 6.42 Å². The molecule has 1 rings (SSSR count). The maximum absolute atomic E-state index is 11.9. The van der Waals surface area contributed by atoms with Gasteiger partial charge in [-0.3, -0.25) is 4.79 Å². The fourth-order valence-corrected chi connectivity index (χ4v) is 1.54. The van der Waals surface area contributed by atoms with Crippen LogP contribution in [0.1, 0.15) is 25.7 Å². The monoisotopic (exact) mass is 207 g/mol. The van der Waals surface area contributed by atoms with Crippen LogP contribution in [0.4, 0.5) is 13.6 Å². The zero-order chi connectivity index (χ0) is 10.8. The average molecular weight is 207 g/mol. The number of ketones is 1. The van der Waals surface area contributed by atoms with Gasteiger partial charge in [0.2, 0.25) is 6.43 Å². The molecule has 1 aliphatic rings. The number of nitrogens with one attached hydrogen (secondary N) is 1. The Labute approximate surface area is 79.3 Å². The van der Waals surface area contributed by atoms with Crippen LogP contribution in [0.3, 0.4) is 0 Å². The van der Waals surface area contributed by atoms with Crippen LogP contribution in [-0.2, 0) is 4.79 Å². The van der Waals surface area contributed by atoms with Crippen LogP contribution < -0.4 is 5.32 Å². The molecule has 14 heavy (non-hydrogen) atoms. The molecule has 0 aliphatic heterocycles. The lowest BCUT2D eigenvalue weighted by Crippen LogP contribution is -2.59. The second kappa shape index (κ2) is 3.89. The Morgan fingerprint density at radius 1 is 1.43 bits per heavy atom. The summed E-state index contributed by atoms with van der Waals surface area (Å²) in [6.07, 6.45) is -3.59. The van der Waals surface area contributed by atoms with Crippen molar-refractivity contribution in [2.45, 2.75) is 37.6 Å². The summed E-state index contributed by atoms with van der Waals surface area (Å²) in [5.41, 5.74) is -1.23. The summed E-state index contributed by atoms with van der Waals surface area (Å²) in [5, 5.41) is 10.5. The molecule has 0 aromatic rings. The van der Waals surface area contributed by atoms with Crippen LogP contribution in [0.15, 0.2) is 0 Å². The van der Waals surface area contributed by atoms with E-state index in [-0.39, 0.29) is 0 Å². The summed E-state index contributed by atoms with van der Waals surface area (Å²) in [7, 11) is 0. The molecule has 0 radical (unpaired) electrons. The summed E-state index contributed by atoms with van der Waals surface area (Å²) >= 11 is 0. The van der Waals surface area contributed by atoms with Gasteiger partial charge in [-0.15, -0.1) is 0 Å². The second-order valence-corrected chi connectivity index (χ2v) is 3.38. The summed E-state index contributed by atoms with van der Waals surface area (Å²) in [4.78, 5) is 21.6. The third-order valence-electron chi connectivity index (χ3n) is 2.43. The molecule has 1 fully saturated rings. The summed E-state index contributed by atoms with van der Waals surface area (Å²) < 4.78 is 23.8. The maximum Gasteiger partial charge on any atom is 0.405 e. The minimum Gasteiger partial charge on any atom is -0.465 e. The van der Waals surface area contributed by atoms with Crippen molar-refractivity contribution in [2.75, 3.05) is 0 Å². The number of Topliss-reactive ketones (excluding diaryl/α,β-unsaturated/α-hetero) is 1. The number of hydrogen-bond donors (Lipinski definition) is 2. The number of hydrogen-bond acceptors (Lipinski definition) is 2. The van der Waals surface area contributed by atoms with E-state index in [0.29, 0.717) is 19.3 Å². The Morgan fingerprint density at radius 2 is 2.00 bits per heavy atom. The van der Waals surface area contributed by atoms with Crippen molar-refractivity contribution < 1.29 is 23.5 Å². The van der Waals surface area contributed by atoms with Gasteiger partial charge in [-0.2, -0.15) is 0 Å². The van der Waals surface area contributed by atoms with Crippen LogP contribution in [0.5, 0.6) is 0 Å². The number of halogens is 2. The van der Waals surface area contributed by atoms with E-state index >= 15 is 0 Å². The SMILES string of the molecule is O=C(O)NC1(C(=O)CC(F)F)CCC1. The number of carbonyl (C=O) groups excluding carboxylic acids is 1. The van der Waals surface area contributed by atoms with E-state index in [1.165, 1.54) is 0 Å². The minimum atomic E-state index is -2.71.